The molecule has 0 unspecified atom stereocenters. The normalized spacial score (nSPS) is 10.5. The minimum absolute atomic E-state index is 0.191. The molecule has 2 aromatic rings. The third-order valence-electron chi connectivity index (χ3n) is 4.53. The van der Waals surface area contributed by atoms with Gasteiger partial charge in [-0.25, -0.2) is 9.78 Å². The van der Waals surface area contributed by atoms with Crippen molar-refractivity contribution in [1.29, 1.82) is 0 Å². The zero-order valence-electron chi connectivity index (χ0n) is 17.4. The number of amides is 1. The molecule has 6 heteroatoms. The molecule has 0 atom stereocenters. The minimum Gasteiger partial charge on any atom is -0.493 e. The number of nitrogen functional groups attached to an aromatic ring is 1. The lowest BCUT2D eigenvalue weighted by Crippen LogP contribution is -2.15. The van der Waals surface area contributed by atoms with E-state index in [0.29, 0.717) is 18.2 Å². The highest BCUT2D eigenvalue weighted by Gasteiger charge is 2.08. The Kier molecular flexibility index (Phi) is 10.4. The number of nitrogens with two attached hydrogens (primary N) is 1. The van der Waals surface area contributed by atoms with Crippen LogP contribution in [0.3, 0.4) is 0 Å². The molecule has 0 saturated heterocycles. The molecule has 0 saturated carbocycles. The van der Waals surface area contributed by atoms with E-state index in [1.807, 2.05) is 30.3 Å². The number of nitrogens with one attached hydrogen (secondary N) is 1. The van der Waals surface area contributed by atoms with Gasteiger partial charge in [-0.3, -0.25) is 5.32 Å². The Labute approximate surface area is 173 Å². The highest BCUT2D eigenvalue weighted by Crippen LogP contribution is 2.20. The minimum atomic E-state index is -0.582. The van der Waals surface area contributed by atoms with Crippen LogP contribution in [0.5, 0.6) is 5.75 Å². The fraction of sp³-hybridized carbons (Fsp3) is 0.478. The Morgan fingerprint density at radius 2 is 1.69 bits per heavy atom. The average molecular weight is 400 g/mol. The summed E-state index contributed by atoms with van der Waals surface area (Å²) in [5.74, 6) is 1.20. The lowest BCUT2D eigenvalue weighted by molar-refractivity contribution is 0.155. The van der Waals surface area contributed by atoms with E-state index in [1.54, 1.807) is 12.1 Å². The van der Waals surface area contributed by atoms with Crippen LogP contribution in [-0.4, -0.2) is 17.7 Å². The van der Waals surface area contributed by atoms with Crippen LogP contribution in [0.4, 0.5) is 16.4 Å². The van der Waals surface area contributed by atoms with Crippen molar-refractivity contribution in [3.8, 4) is 5.75 Å². The summed E-state index contributed by atoms with van der Waals surface area (Å²) in [5.41, 5.74) is 6.74. The molecule has 0 aliphatic rings. The molecule has 1 heterocycles. The molecule has 1 aromatic heterocycles. The number of carbonyl (C=O) groups excluding carboxylic acids is 1. The summed E-state index contributed by atoms with van der Waals surface area (Å²) in [6.07, 6.45) is 9.39. The number of hydrogen-bond donors (Lipinski definition) is 2. The van der Waals surface area contributed by atoms with Crippen LogP contribution in [0.1, 0.15) is 63.9 Å². The van der Waals surface area contributed by atoms with E-state index in [1.165, 1.54) is 38.5 Å². The Balaban J connectivity index is 1.68. The molecule has 0 spiro atoms. The van der Waals surface area contributed by atoms with Crippen molar-refractivity contribution in [2.75, 3.05) is 17.7 Å². The van der Waals surface area contributed by atoms with Gasteiger partial charge in [0.25, 0.3) is 0 Å². The Morgan fingerprint density at radius 3 is 2.41 bits per heavy atom. The number of aromatic nitrogens is 1. The molecule has 29 heavy (non-hydrogen) atoms. The lowest BCUT2D eigenvalue weighted by Gasteiger charge is -2.10. The van der Waals surface area contributed by atoms with Gasteiger partial charge in [-0.05, 0) is 12.0 Å². The molecule has 158 valence electrons. The summed E-state index contributed by atoms with van der Waals surface area (Å²) in [4.78, 5) is 16.1. The molecular formula is C23H33N3O3. The first-order valence-corrected chi connectivity index (χ1v) is 10.6. The zero-order valence-corrected chi connectivity index (χ0v) is 17.4. The maximum Gasteiger partial charge on any atom is 0.413 e. The summed E-state index contributed by atoms with van der Waals surface area (Å²) in [7, 11) is 0. The van der Waals surface area contributed by atoms with Crippen molar-refractivity contribution in [3.05, 3.63) is 48.0 Å². The van der Waals surface area contributed by atoms with Crippen LogP contribution in [0, 0.1) is 0 Å². The number of nitrogens with zero attached hydrogens (tertiary/aromatic N) is 1. The van der Waals surface area contributed by atoms with Crippen LogP contribution in [0.25, 0.3) is 0 Å². The van der Waals surface area contributed by atoms with E-state index in [0.717, 1.165) is 18.4 Å². The van der Waals surface area contributed by atoms with Gasteiger partial charge in [-0.2, -0.15) is 0 Å². The van der Waals surface area contributed by atoms with Crippen molar-refractivity contribution >= 4 is 17.7 Å². The first-order valence-electron chi connectivity index (χ1n) is 10.6. The molecule has 0 bridgehead atoms. The number of hydrogen-bond acceptors (Lipinski definition) is 5. The fourth-order valence-corrected chi connectivity index (χ4v) is 2.96. The second kappa shape index (κ2) is 13.4. The molecule has 3 N–H and O–H groups in total. The van der Waals surface area contributed by atoms with Crippen molar-refractivity contribution < 1.29 is 14.3 Å². The lowest BCUT2D eigenvalue weighted by atomic mass is 10.1. The number of pyridine rings is 1. The topological polar surface area (TPSA) is 86.5 Å². The number of unbranched alkanes of at least 4 members (excludes halogenated alkanes) is 7. The van der Waals surface area contributed by atoms with Gasteiger partial charge in [0.15, 0.2) is 0 Å². The molecule has 0 fully saturated rings. The highest BCUT2D eigenvalue weighted by molar-refractivity contribution is 5.83. The molecule has 0 aliphatic carbocycles. The number of anilines is 2. The van der Waals surface area contributed by atoms with Crippen molar-refractivity contribution in [3.63, 3.8) is 0 Å². The Hall–Kier alpha value is -2.76. The summed E-state index contributed by atoms with van der Waals surface area (Å²) < 4.78 is 11.0. The Bertz CT molecular complexity index is 723. The number of carbonyl (C=O) groups is 1. The summed E-state index contributed by atoms with van der Waals surface area (Å²) in [6, 6.07) is 12.8. The van der Waals surface area contributed by atoms with E-state index in [9.17, 15) is 4.79 Å². The number of ether oxygens (including phenoxy) is 2. The average Bonchev–Trinajstić information content (AvgIpc) is 2.71. The van der Waals surface area contributed by atoms with Gasteiger partial charge in [0, 0.05) is 12.1 Å². The van der Waals surface area contributed by atoms with E-state index in [2.05, 4.69) is 17.2 Å². The predicted octanol–water partition coefficient (Wildman–Crippen LogP) is 5.93. The highest BCUT2D eigenvalue weighted by atomic mass is 16.5. The van der Waals surface area contributed by atoms with Crippen LogP contribution >= 0.6 is 0 Å². The van der Waals surface area contributed by atoms with Gasteiger partial charge in [0.05, 0.1) is 6.61 Å². The smallest absolute Gasteiger partial charge is 0.413 e. The third-order valence-corrected chi connectivity index (χ3v) is 4.53. The van der Waals surface area contributed by atoms with Gasteiger partial charge in [0.1, 0.15) is 24.0 Å². The van der Waals surface area contributed by atoms with Crippen LogP contribution < -0.4 is 15.8 Å². The molecule has 6 nitrogen and oxygen atoms in total. The SMILES string of the molecule is CCCCCCCCCCOc1cc(N)nc(NC(=O)OCc2ccccc2)c1. The molecular weight excluding hydrogens is 366 g/mol. The van der Waals surface area contributed by atoms with E-state index >= 15 is 0 Å². The summed E-state index contributed by atoms with van der Waals surface area (Å²) in [6.45, 7) is 3.05. The van der Waals surface area contributed by atoms with Gasteiger partial charge in [0.2, 0.25) is 0 Å². The Morgan fingerprint density at radius 1 is 1.00 bits per heavy atom. The molecule has 2 rings (SSSR count). The monoisotopic (exact) mass is 399 g/mol. The fourth-order valence-electron chi connectivity index (χ4n) is 2.96. The molecule has 1 aromatic carbocycles. The van der Waals surface area contributed by atoms with Gasteiger partial charge >= 0.3 is 6.09 Å². The summed E-state index contributed by atoms with van der Waals surface area (Å²) in [5, 5.41) is 2.60. The van der Waals surface area contributed by atoms with E-state index < -0.39 is 6.09 Å². The van der Waals surface area contributed by atoms with Gasteiger partial charge in [-0.1, -0.05) is 82.2 Å². The first kappa shape index (κ1) is 22.5. The van der Waals surface area contributed by atoms with Crippen molar-refractivity contribution in [1.82, 2.24) is 4.98 Å². The van der Waals surface area contributed by atoms with E-state index in [-0.39, 0.29) is 12.4 Å². The second-order valence-corrected chi connectivity index (χ2v) is 7.12. The van der Waals surface area contributed by atoms with E-state index in [4.69, 9.17) is 15.2 Å². The maximum absolute atomic E-state index is 12.0. The van der Waals surface area contributed by atoms with Gasteiger partial charge in [-0.15, -0.1) is 0 Å². The quantitative estimate of drug-likeness (QED) is 0.408. The number of benzene rings is 1. The molecule has 0 radical (unpaired) electrons. The largest absolute Gasteiger partial charge is 0.493 e. The van der Waals surface area contributed by atoms with Crippen LogP contribution in [0.2, 0.25) is 0 Å². The standard InChI is InChI=1S/C23H33N3O3/c1-2-3-4-5-6-7-8-12-15-28-20-16-21(24)25-22(17-20)26-23(27)29-18-19-13-10-9-11-14-19/h9-11,13-14,16-17H,2-8,12,15,18H2,1H3,(H3,24,25,26,27). The molecule has 0 aliphatic heterocycles. The third kappa shape index (κ3) is 9.83. The van der Waals surface area contributed by atoms with Crippen molar-refractivity contribution in [2.45, 2.75) is 64.9 Å². The number of rotatable bonds is 13. The van der Waals surface area contributed by atoms with Crippen LogP contribution in [0.15, 0.2) is 42.5 Å². The van der Waals surface area contributed by atoms with Gasteiger partial charge < -0.3 is 15.2 Å². The zero-order chi connectivity index (χ0) is 20.7. The maximum atomic E-state index is 12.0. The predicted molar refractivity (Wildman–Crippen MR) is 117 cm³/mol. The van der Waals surface area contributed by atoms with Crippen LogP contribution in [-0.2, 0) is 11.3 Å². The molecule has 1 amide bonds. The summed E-state index contributed by atoms with van der Waals surface area (Å²) >= 11 is 0. The first-order chi connectivity index (χ1) is 14.2. The second-order valence-electron chi connectivity index (χ2n) is 7.12. The van der Waals surface area contributed by atoms with Crippen molar-refractivity contribution in [2.24, 2.45) is 0 Å².